The average Bonchev–Trinajstić information content (AvgIpc) is 3.17. The zero-order valence-electron chi connectivity index (χ0n) is 13.9. The van der Waals surface area contributed by atoms with E-state index in [9.17, 15) is 9.90 Å². The van der Waals surface area contributed by atoms with Gasteiger partial charge in [-0.2, -0.15) is 5.10 Å². The lowest BCUT2D eigenvalue weighted by Crippen LogP contribution is -2.34. The molecule has 0 aliphatic heterocycles. The Bertz CT molecular complexity index is 818. The van der Waals surface area contributed by atoms with Crippen LogP contribution in [-0.4, -0.2) is 31.8 Å². The van der Waals surface area contributed by atoms with Crippen LogP contribution < -0.4 is 5.32 Å². The van der Waals surface area contributed by atoms with E-state index in [0.717, 1.165) is 5.56 Å². The number of rotatable bonds is 6. The van der Waals surface area contributed by atoms with Crippen molar-refractivity contribution in [1.29, 1.82) is 0 Å². The summed E-state index contributed by atoms with van der Waals surface area (Å²) in [6.45, 7) is 1.86. The van der Waals surface area contributed by atoms with Crippen LogP contribution in [0.15, 0.2) is 67.0 Å². The second kappa shape index (κ2) is 7.72. The van der Waals surface area contributed by atoms with Gasteiger partial charge in [0.1, 0.15) is 5.69 Å². The normalized spacial score (nSPS) is 13.2. The van der Waals surface area contributed by atoms with Gasteiger partial charge < -0.3 is 10.4 Å². The SMILES string of the molecule is C[C@@H](C[C@@H](O)c1ccccc1)NC(=O)c1cccc(-n2cccn2)n1. The van der Waals surface area contributed by atoms with Crippen molar-refractivity contribution in [3.8, 4) is 5.82 Å². The number of aliphatic hydroxyl groups excluding tert-OH is 1. The Hall–Kier alpha value is -2.99. The van der Waals surface area contributed by atoms with Gasteiger partial charge in [-0.15, -0.1) is 0 Å². The number of pyridine rings is 1. The van der Waals surface area contributed by atoms with E-state index in [1.807, 2.05) is 37.3 Å². The third-order valence-corrected chi connectivity index (χ3v) is 3.84. The number of nitrogens with zero attached hydrogens (tertiary/aromatic N) is 3. The summed E-state index contributed by atoms with van der Waals surface area (Å²) in [6, 6.07) is 16.2. The maximum absolute atomic E-state index is 12.4. The van der Waals surface area contributed by atoms with E-state index in [-0.39, 0.29) is 11.9 Å². The summed E-state index contributed by atoms with van der Waals surface area (Å²) in [4.78, 5) is 16.7. The molecule has 0 bridgehead atoms. The first-order valence-electron chi connectivity index (χ1n) is 8.14. The fourth-order valence-electron chi connectivity index (χ4n) is 2.58. The molecular formula is C19H20N4O2. The predicted molar refractivity (Wildman–Crippen MR) is 94.3 cm³/mol. The van der Waals surface area contributed by atoms with Crippen molar-refractivity contribution in [2.45, 2.75) is 25.5 Å². The minimum Gasteiger partial charge on any atom is -0.388 e. The Labute approximate surface area is 146 Å². The molecule has 25 heavy (non-hydrogen) atoms. The zero-order valence-corrected chi connectivity index (χ0v) is 13.9. The highest BCUT2D eigenvalue weighted by Crippen LogP contribution is 2.17. The smallest absolute Gasteiger partial charge is 0.270 e. The zero-order chi connectivity index (χ0) is 17.6. The van der Waals surface area contributed by atoms with E-state index < -0.39 is 6.10 Å². The lowest BCUT2D eigenvalue weighted by Gasteiger charge is -2.18. The first kappa shape index (κ1) is 16.9. The van der Waals surface area contributed by atoms with Crippen molar-refractivity contribution in [1.82, 2.24) is 20.1 Å². The van der Waals surface area contributed by atoms with E-state index in [0.29, 0.717) is 17.9 Å². The molecule has 1 amide bonds. The number of carbonyl (C=O) groups excluding carboxylic acids is 1. The largest absolute Gasteiger partial charge is 0.388 e. The first-order valence-corrected chi connectivity index (χ1v) is 8.14. The van der Waals surface area contributed by atoms with Crippen LogP contribution >= 0.6 is 0 Å². The Morgan fingerprint density at radius 3 is 2.68 bits per heavy atom. The van der Waals surface area contributed by atoms with Crippen LogP contribution in [0.1, 0.15) is 35.5 Å². The molecule has 1 aromatic carbocycles. The molecule has 3 aromatic rings. The van der Waals surface area contributed by atoms with Crippen molar-refractivity contribution in [3.05, 3.63) is 78.2 Å². The van der Waals surface area contributed by atoms with E-state index in [2.05, 4.69) is 15.4 Å². The number of amides is 1. The third kappa shape index (κ3) is 4.30. The van der Waals surface area contributed by atoms with Gasteiger partial charge in [-0.3, -0.25) is 4.79 Å². The summed E-state index contributed by atoms with van der Waals surface area (Å²) in [5, 5.41) is 17.3. The lowest BCUT2D eigenvalue weighted by molar-refractivity contribution is 0.0912. The number of aliphatic hydroxyl groups is 1. The Balaban J connectivity index is 1.63. The molecule has 0 radical (unpaired) electrons. The fraction of sp³-hybridized carbons (Fsp3) is 0.211. The van der Waals surface area contributed by atoms with Gasteiger partial charge in [-0.25, -0.2) is 9.67 Å². The second-order valence-corrected chi connectivity index (χ2v) is 5.87. The highest BCUT2D eigenvalue weighted by Gasteiger charge is 2.16. The molecule has 0 saturated carbocycles. The molecule has 3 rings (SSSR count). The molecule has 0 aliphatic carbocycles. The molecule has 6 heteroatoms. The number of carbonyl (C=O) groups is 1. The molecular weight excluding hydrogens is 316 g/mol. The van der Waals surface area contributed by atoms with Gasteiger partial charge in [0, 0.05) is 18.4 Å². The van der Waals surface area contributed by atoms with Gasteiger partial charge in [0.05, 0.1) is 6.10 Å². The monoisotopic (exact) mass is 336 g/mol. The molecule has 0 aliphatic rings. The second-order valence-electron chi connectivity index (χ2n) is 5.87. The van der Waals surface area contributed by atoms with Gasteiger partial charge in [0.25, 0.3) is 5.91 Å². The van der Waals surface area contributed by atoms with Crippen molar-refractivity contribution in [2.24, 2.45) is 0 Å². The number of nitrogens with one attached hydrogen (secondary N) is 1. The highest BCUT2D eigenvalue weighted by molar-refractivity contribution is 5.92. The van der Waals surface area contributed by atoms with Gasteiger partial charge in [-0.05, 0) is 37.1 Å². The van der Waals surface area contributed by atoms with Gasteiger partial charge >= 0.3 is 0 Å². The third-order valence-electron chi connectivity index (χ3n) is 3.84. The van der Waals surface area contributed by atoms with Crippen LogP contribution in [0.3, 0.4) is 0 Å². The maximum Gasteiger partial charge on any atom is 0.270 e. The summed E-state index contributed by atoms with van der Waals surface area (Å²) in [5.74, 6) is 0.302. The topological polar surface area (TPSA) is 80.0 Å². The van der Waals surface area contributed by atoms with Crippen LogP contribution in [0.5, 0.6) is 0 Å². The molecule has 0 unspecified atom stereocenters. The molecule has 128 valence electrons. The van der Waals surface area contributed by atoms with E-state index >= 15 is 0 Å². The number of hydrogen-bond acceptors (Lipinski definition) is 4. The minimum atomic E-state index is -0.625. The van der Waals surface area contributed by atoms with Gasteiger partial charge in [-0.1, -0.05) is 36.4 Å². The molecule has 0 saturated heterocycles. The van der Waals surface area contributed by atoms with Gasteiger partial charge in [0.2, 0.25) is 0 Å². The van der Waals surface area contributed by atoms with Crippen molar-refractivity contribution in [3.63, 3.8) is 0 Å². The van der Waals surface area contributed by atoms with E-state index in [4.69, 9.17) is 0 Å². The maximum atomic E-state index is 12.4. The molecule has 2 aromatic heterocycles. The van der Waals surface area contributed by atoms with Crippen molar-refractivity contribution >= 4 is 5.91 Å². The lowest BCUT2D eigenvalue weighted by atomic mass is 10.0. The van der Waals surface area contributed by atoms with E-state index in [1.54, 1.807) is 41.3 Å². The Kier molecular flexibility index (Phi) is 5.20. The number of hydrogen-bond donors (Lipinski definition) is 2. The summed E-state index contributed by atoms with van der Waals surface area (Å²) >= 11 is 0. The minimum absolute atomic E-state index is 0.196. The standard InChI is InChI=1S/C19H20N4O2/c1-14(13-17(24)15-7-3-2-4-8-15)21-19(25)16-9-5-10-18(22-16)23-12-6-11-20-23/h2-12,14,17,24H,13H2,1H3,(H,21,25)/t14-,17+/m0/s1. The number of benzene rings is 1. The van der Waals surface area contributed by atoms with Crippen molar-refractivity contribution in [2.75, 3.05) is 0 Å². The highest BCUT2D eigenvalue weighted by atomic mass is 16.3. The average molecular weight is 336 g/mol. The fourth-order valence-corrected chi connectivity index (χ4v) is 2.58. The first-order chi connectivity index (χ1) is 12.1. The molecule has 2 atom stereocenters. The molecule has 0 spiro atoms. The predicted octanol–water partition coefficient (Wildman–Crippen LogP) is 2.51. The van der Waals surface area contributed by atoms with Crippen molar-refractivity contribution < 1.29 is 9.90 Å². The summed E-state index contributed by atoms with van der Waals surface area (Å²) in [6.07, 6.45) is 3.22. The van der Waals surface area contributed by atoms with Crippen LogP contribution in [-0.2, 0) is 0 Å². The van der Waals surface area contributed by atoms with Gasteiger partial charge in [0.15, 0.2) is 5.82 Å². The molecule has 0 fully saturated rings. The molecule has 6 nitrogen and oxygen atoms in total. The molecule has 2 N–H and O–H groups in total. The Morgan fingerprint density at radius 1 is 1.16 bits per heavy atom. The van der Waals surface area contributed by atoms with Crippen LogP contribution in [0.2, 0.25) is 0 Å². The van der Waals surface area contributed by atoms with Crippen LogP contribution in [0.25, 0.3) is 5.82 Å². The Morgan fingerprint density at radius 2 is 1.96 bits per heavy atom. The van der Waals surface area contributed by atoms with Crippen LogP contribution in [0.4, 0.5) is 0 Å². The molecule has 2 heterocycles. The number of aromatic nitrogens is 3. The summed E-state index contributed by atoms with van der Waals surface area (Å²) in [7, 11) is 0. The summed E-state index contributed by atoms with van der Waals surface area (Å²) < 4.78 is 1.60. The quantitative estimate of drug-likeness (QED) is 0.725. The van der Waals surface area contributed by atoms with Crippen LogP contribution in [0, 0.1) is 0 Å². The summed E-state index contributed by atoms with van der Waals surface area (Å²) in [5.41, 5.74) is 1.15. The van der Waals surface area contributed by atoms with E-state index in [1.165, 1.54) is 0 Å².